The minimum absolute atomic E-state index is 0.117. The third kappa shape index (κ3) is 4.67. The Morgan fingerprint density at radius 1 is 1.38 bits per heavy atom. The van der Waals surface area contributed by atoms with Gasteiger partial charge in [0.2, 0.25) is 10.0 Å². The SMILES string of the molecule is NS(=O)(=O)c1ccc(F)c(C(=O)NC2CCCN(Cc3cccs3)C2)c1. The molecule has 1 aromatic heterocycles. The van der Waals surface area contributed by atoms with Crippen molar-refractivity contribution in [1.82, 2.24) is 10.2 Å². The largest absolute Gasteiger partial charge is 0.348 e. The van der Waals surface area contributed by atoms with Gasteiger partial charge in [0.1, 0.15) is 5.82 Å². The number of piperidine rings is 1. The lowest BCUT2D eigenvalue weighted by molar-refractivity contribution is 0.0897. The molecule has 0 aliphatic carbocycles. The van der Waals surface area contributed by atoms with E-state index < -0.39 is 21.7 Å². The zero-order valence-electron chi connectivity index (χ0n) is 14.0. The van der Waals surface area contributed by atoms with Gasteiger partial charge in [-0.3, -0.25) is 9.69 Å². The highest BCUT2D eigenvalue weighted by Crippen LogP contribution is 2.18. The number of primary sulfonamides is 1. The summed E-state index contributed by atoms with van der Waals surface area (Å²) in [5.41, 5.74) is -0.313. The number of carbonyl (C=O) groups excluding carboxylic acids is 1. The Labute approximate surface area is 155 Å². The molecule has 1 amide bonds. The second kappa shape index (κ2) is 7.83. The molecule has 0 bridgehead atoms. The van der Waals surface area contributed by atoms with E-state index in [1.807, 2.05) is 11.4 Å². The van der Waals surface area contributed by atoms with E-state index in [2.05, 4.69) is 16.3 Å². The Morgan fingerprint density at radius 2 is 2.19 bits per heavy atom. The molecular formula is C17H20FN3O3S2. The van der Waals surface area contributed by atoms with Gasteiger partial charge < -0.3 is 5.32 Å². The Hall–Kier alpha value is -1.81. The average molecular weight is 397 g/mol. The lowest BCUT2D eigenvalue weighted by Gasteiger charge is -2.32. The fourth-order valence-corrected chi connectivity index (χ4v) is 4.34. The molecule has 0 spiro atoms. The molecule has 1 unspecified atom stereocenters. The van der Waals surface area contributed by atoms with E-state index in [1.165, 1.54) is 4.88 Å². The van der Waals surface area contributed by atoms with Crippen LogP contribution in [0.1, 0.15) is 28.1 Å². The molecule has 3 rings (SSSR count). The summed E-state index contributed by atoms with van der Waals surface area (Å²) in [4.78, 5) is 15.6. The number of rotatable bonds is 5. The second-order valence-corrected chi connectivity index (χ2v) is 8.91. The molecule has 140 valence electrons. The topological polar surface area (TPSA) is 92.5 Å². The smallest absolute Gasteiger partial charge is 0.254 e. The van der Waals surface area contributed by atoms with Crippen molar-refractivity contribution in [2.75, 3.05) is 13.1 Å². The fourth-order valence-electron chi connectivity index (χ4n) is 3.06. The molecule has 3 N–H and O–H groups in total. The molecule has 0 saturated carbocycles. The second-order valence-electron chi connectivity index (χ2n) is 6.31. The van der Waals surface area contributed by atoms with Crippen LogP contribution in [0.2, 0.25) is 0 Å². The summed E-state index contributed by atoms with van der Waals surface area (Å²) in [5, 5.41) is 9.89. The van der Waals surface area contributed by atoms with Gasteiger partial charge in [-0.25, -0.2) is 17.9 Å². The number of amides is 1. The standard InChI is InChI=1S/C17H20FN3O3S2/c18-16-6-5-14(26(19,23)24)9-15(16)17(22)20-12-3-1-7-21(10-12)11-13-4-2-8-25-13/h2,4-6,8-9,12H,1,3,7,10-11H2,(H,20,22)(H2,19,23,24). The highest BCUT2D eigenvalue weighted by molar-refractivity contribution is 7.89. The van der Waals surface area contributed by atoms with E-state index in [9.17, 15) is 17.6 Å². The lowest BCUT2D eigenvalue weighted by atomic mass is 10.0. The van der Waals surface area contributed by atoms with Crippen molar-refractivity contribution in [3.05, 3.63) is 52.0 Å². The Kier molecular flexibility index (Phi) is 5.71. The van der Waals surface area contributed by atoms with Crippen molar-refractivity contribution in [1.29, 1.82) is 0 Å². The Bertz CT molecular complexity index is 885. The maximum Gasteiger partial charge on any atom is 0.254 e. The van der Waals surface area contributed by atoms with Crippen LogP contribution in [0.3, 0.4) is 0 Å². The van der Waals surface area contributed by atoms with E-state index in [0.717, 1.165) is 44.1 Å². The van der Waals surface area contributed by atoms with Gasteiger partial charge in [-0.1, -0.05) is 6.07 Å². The van der Waals surface area contributed by atoms with Crippen LogP contribution in [0, 0.1) is 5.82 Å². The minimum atomic E-state index is -4.00. The number of nitrogens with one attached hydrogen (secondary N) is 1. The molecular weight excluding hydrogens is 377 g/mol. The number of halogens is 1. The summed E-state index contributed by atoms with van der Waals surface area (Å²) in [6.45, 7) is 2.43. The lowest BCUT2D eigenvalue weighted by Crippen LogP contribution is -2.47. The number of carbonyl (C=O) groups is 1. The number of nitrogens with zero attached hydrogens (tertiary/aromatic N) is 1. The van der Waals surface area contributed by atoms with Crippen LogP contribution < -0.4 is 10.5 Å². The minimum Gasteiger partial charge on any atom is -0.348 e. The molecule has 2 heterocycles. The van der Waals surface area contributed by atoms with Gasteiger partial charge >= 0.3 is 0 Å². The first-order valence-corrected chi connectivity index (χ1v) is 10.6. The third-order valence-electron chi connectivity index (χ3n) is 4.31. The summed E-state index contributed by atoms with van der Waals surface area (Å²) in [5.74, 6) is -1.41. The van der Waals surface area contributed by atoms with E-state index in [4.69, 9.17) is 5.14 Å². The molecule has 1 saturated heterocycles. The summed E-state index contributed by atoms with van der Waals surface area (Å²) in [7, 11) is -4.00. The van der Waals surface area contributed by atoms with E-state index in [0.29, 0.717) is 6.54 Å². The molecule has 9 heteroatoms. The van der Waals surface area contributed by atoms with Crippen molar-refractivity contribution < 1.29 is 17.6 Å². The van der Waals surface area contributed by atoms with Gasteiger partial charge in [-0.05, 0) is 49.0 Å². The van der Waals surface area contributed by atoms with Crippen molar-refractivity contribution >= 4 is 27.3 Å². The molecule has 0 radical (unpaired) electrons. The van der Waals surface area contributed by atoms with Crippen LogP contribution in [0.5, 0.6) is 0 Å². The maximum atomic E-state index is 14.0. The molecule has 1 aromatic carbocycles. The quantitative estimate of drug-likeness (QED) is 0.806. The molecule has 1 atom stereocenters. The fraction of sp³-hybridized carbons (Fsp3) is 0.353. The van der Waals surface area contributed by atoms with Crippen molar-refractivity contribution in [2.45, 2.75) is 30.3 Å². The number of nitrogens with two attached hydrogens (primary N) is 1. The van der Waals surface area contributed by atoms with E-state index in [-0.39, 0.29) is 16.5 Å². The van der Waals surface area contributed by atoms with Gasteiger partial charge in [0.25, 0.3) is 5.91 Å². The Morgan fingerprint density at radius 3 is 2.88 bits per heavy atom. The monoisotopic (exact) mass is 397 g/mol. The predicted octanol–water partition coefficient (Wildman–Crippen LogP) is 1.93. The predicted molar refractivity (Wildman–Crippen MR) is 97.9 cm³/mol. The highest BCUT2D eigenvalue weighted by Gasteiger charge is 2.24. The number of thiophene rings is 1. The summed E-state index contributed by atoms with van der Waals surface area (Å²) >= 11 is 1.69. The Balaban J connectivity index is 1.67. The number of hydrogen-bond donors (Lipinski definition) is 2. The van der Waals surface area contributed by atoms with E-state index >= 15 is 0 Å². The van der Waals surface area contributed by atoms with Crippen LogP contribution in [-0.4, -0.2) is 38.4 Å². The van der Waals surface area contributed by atoms with Gasteiger partial charge in [0.05, 0.1) is 10.5 Å². The summed E-state index contributed by atoms with van der Waals surface area (Å²) in [6, 6.07) is 6.93. The van der Waals surface area contributed by atoms with Gasteiger partial charge in [0.15, 0.2) is 0 Å². The normalized spacial score (nSPS) is 18.6. The zero-order valence-corrected chi connectivity index (χ0v) is 15.7. The number of sulfonamides is 1. The molecule has 1 aliphatic heterocycles. The zero-order chi connectivity index (χ0) is 18.7. The first-order chi connectivity index (χ1) is 12.3. The average Bonchev–Trinajstić information content (AvgIpc) is 3.07. The number of benzene rings is 1. The van der Waals surface area contributed by atoms with Gasteiger partial charge in [0, 0.05) is 24.0 Å². The van der Waals surface area contributed by atoms with Crippen LogP contribution in [0.15, 0.2) is 40.6 Å². The molecule has 6 nitrogen and oxygen atoms in total. The van der Waals surface area contributed by atoms with Gasteiger partial charge in [-0.2, -0.15) is 0 Å². The molecule has 1 aliphatic rings. The van der Waals surface area contributed by atoms with Crippen molar-refractivity contribution in [3.8, 4) is 0 Å². The first kappa shape index (κ1) is 19.0. The van der Waals surface area contributed by atoms with Crippen LogP contribution in [0.4, 0.5) is 4.39 Å². The number of likely N-dealkylation sites (tertiary alicyclic amines) is 1. The summed E-state index contributed by atoms with van der Waals surface area (Å²) < 4.78 is 36.8. The van der Waals surface area contributed by atoms with Crippen LogP contribution in [-0.2, 0) is 16.6 Å². The number of hydrogen-bond acceptors (Lipinski definition) is 5. The highest BCUT2D eigenvalue weighted by atomic mass is 32.2. The van der Waals surface area contributed by atoms with Crippen LogP contribution in [0.25, 0.3) is 0 Å². The van der Waals surface area contributed by atoms with Crippen molar-refractivity contribution in [3.63, 3.8) is 0 Å². The van der Waals surface area contributed by atoms with Crippen LogP contribution >= 0.6 is 11.3 Å². The molecule has 26 heavy (non-hydrogen) atoms. The maximum absolute atomic E-state index is 14.0. The molecule has 2 aromatic rings. The van der Waals surface area contributed by atoms with E-state index in [1.54, 1.807) is 11.3 Å². The third-order valence-corrected chi connectivity index (χ3v) is 6.08. The first-order valence-electron chi connectivity index (χ1n) is 8.21. The molecule has 1 fully saturated rings. The van der Waals surface area contributed by atoms with Crippen molar-refractivity contribution in [2.24, 2.45) is 5.14 Å². The van der Waals surface area contributed by atoms with Gasteiger partial charge in [-0.15, -0.1) is 11.3 Å². The summed E-state index contributed by atoms with van der Waals surface area (Å²) in [6.07, 6.45) is 1.72.